The molecule has 0 atom stereocenters. The molecule has 31 heavy (non-hydrogen) atoms. The molecule has 0 aliphatic rings. The number of rotatable bonds is 7. The molecule has 1 N–H and O–H groups in total. The van der Waals surface area contributed by atoms with Crippen LogP contribution in [0.25, 0.3) is 11.0 Å². The maximum Gasteiger partial charge on any atom is 0.261 e. The summed E-state index contributed by atoms with van der Waals surface area (Å²) in [5.41, 5.74) is 2.06. The Morgan fingerprint density at radius 3 is 2.03 bits per heavy atom. The van der Waals surface area contributed by atoms with E-state index in [0.29, 0.717) is 6.61 Å². The molecule has 0 aliphatic heterocycles. The van der Waals surface area contributed by atoms with Gasteiger partial charge in [0.05, 0.1) is 5.52 Å². The highest BCUT2D eigenvalue weighted by atomic mass is 79.9. The standard InChI is InChI=1S/C26H29BrN2OSi/c1-26(2,3)31(20-12-6-4-7-13-20,21-14-8-5-9-15-21)30-19-11-18-24-28-23-17-10-16-22(27)25(23)29-24/h4-10,12-17H,11,18-19H2,1-3H3,(H,28,29). The van der Waals surface area contributed by atoms with E-state index in [1.165, 1.54) is 10.4 Å². The van der Waals surface area contributed by atoms with E-state index in [-0.39, 0.29) is 5.04 Å². The average molecular weight is 494 g/mol. The van der Waals surface area contributed by atoms with Crippen molar-refractivity contribution in [2.45, 2.75) is 38.7 Å². The molecule has 4 aromatic rings. The molecule has 0 bridgehead atoms. The van der Waals surface area contributed by atoms with E-state index in [4.69, 9.17) is 9.41 Å². The maximum absolute atomic E-state index is 6.97. The minimum Gasteiger partial charge on any atom is -0.407 e. The number of hydrogen-bond acceptors (Lipinski definition) is 2. The third kappa shape index (κ3) is 4.40. The number of para-hydroxylation sites is 1. The van der Waals surface area contributed by atoms with Crippen LogP contribution in [-0.4, -0.2) is 24.9 Å². The first kappa shape index (κ1) is 22.0. The van der Waals surface area contributed by atoms with E-state index in [1.807, 2.05) is 12.1 Å². The van der Waals surface area contributed by atoms with Crippen molar-refractivity contribution in [1.29, 1.82) is 0 Å². The van der Waals surface area contributed by atoms with Crippen molar-refractivity contribution in [3.63, 3.8) is 0 Å². The molecule has 0 saturated carbocycles. The molecule has 3 aromatic carbocycles. The number of nitrogens with zero attached hydrogens (tertiary/aromatic N) is 1. The number of nitrogens with one attached hydrogen (secondary N) is 1. The predicted molar refractivity (Wildman–Crippen MR) is 136 cm³/mol. The largest absolute Gasteiger partial charge is 0.407 e. The lowest BCUT2D eigenvalue weighted by Crippen LogP contribution is -2.66. The second-order valence-electron chi connectivity index (χ2n) is 8.93. The molecule has 0 saturated heterocycles. The van der Waals surface area contributed by atoms with E-state index in [2.05, 4.69) is 108 Å². The zero-order valence-corrected chi connectivity index (χ0v) is 20.9. The highest BCUT2D eigenvalue weighted by Gasteiger charge is 2.49. The predicted octanol–water partition coefficient (Wildman–Crippen LogP) is 5.83. The summed E-state index contributed by atoms with van der Waals surface area (Å²) in [4.78, 5) is 8.21. The number of imidazole rings is 1. The van der Waals surface area contributed by atoms with Gasteiger partial charge in [-0.15, -0.1) is 0 Å². The van der Waals surface area contributed by atoms with E-state index in [1.54, 1.807) is 0 Å². The number of aromatic amines is 1. The first-order valence-corrected chi connectivity index (χ1v) is 13.5. The van der Waals surface area contributed by atoms with E-state index >= 15 is 0 Å². The lowest BCUT2D eigenvalue weighted by molar-refractivity contribution is 0.291. The van der Waals surface area contributed by atoms with Crippen molar-refractivity contribution in [3.05, 3.63) is 89.2 Å². The van der Waals surface area contributed by atoms with E-state index < -0.39 is 8.32 Å². The van der Waals surface area contributed by atoms with Gasteiger partial charge in [0.1, 0.15) is 11.3 Å². The summed E-state index contributed by atoms with van der Waals surface area (Å²) < 4.78 is 8.00. The summed E-state index contributed by atoms with van der Waals surface area (Å²) >= 11 is 3.59. The molecule has 0 spiro atoms. The minimum absolute atomic E-state index is 0.0000663. The molecule has 4 rings (SSSR count). The summed E-state index contributed by atoms with van der Waals surface area (Å²) in [6, 6.07) is 27.7. The molecule has 1 aromatic heterocycles. The van der Waals surface area contributed by atoms with Gasteiger partial charge in [-0.05, 0) is 49.9 Å². The molecular weight excluding hydrogens is 464 g/mol. The van der Waals surface area contributed by atoms with Gasteiger partial charge >= 0.3 is 0 Å². The Morgan fingerprint density at radius 2 is 1.48 bits per heavy atom. The lowest BCUT2D eigenvalue weighted by atomic mass is 10.2. The first-order valence-electron chi connectivity index (χ1n) is 10.8. The number of H-pyrrole nitrogens is 1. The molecule has 0 radical (unpaired) electrons. The van der Waals surface area contributed by atoms with Crippen LogP contribution in [0.4, 0.5) is 0 Å². The molecule has 1 heterocycles. The van der Waals surface area contributed by atoms with Crippen LogP contribution >= 0.6 is 15.9 Å². The van der Waals surface area contributed by atoms with Crippen molar-refractivity contribution >= 4 is 45.7 Å². The number of benzene rings is 3. The molecule has 3 nitrogen and oxygen atoms in total. The summed E-state index contributed by atoms with van der Waals surface area (Å²) in [7, 11) is -2.47. The van der Waals surface area contributed by atoms with Gasteiger partial charge in [0, 0.05) is 17.5 Å². The number of halogens is 1. The van der Waals surface area contributed by atoms with Crippen LogP contribution in [0.3, 0.4) is 0 Å². The second kappa shape index (κ2) is 9.11. The Bertz CT molecular complexity index is 1100. The third-order valence-corrected chi connectivity index (χ3v) is 11.5. The Morgan fingerprint density at radius 1 is 0.871 bits per heavy atom. The highest BCUT2D eigenvalue weighted by molar-refractivity contribution is 9.10. The molecule has 160 valence electrons. The van der Waals surface area contributed by atoms with Crippen molar-refractivity contribution in [2.24, 2.45) is 0 Å². The van der Waals surface area contributed by atoms with Gasteiger partial charge < -0.3 is 9.41 Å². The van der Waals surface area contributed by atoms with Crippen LogP contribution in [-0.2, 0) is 10.8 Å². The van der Waals surface area contributed by atoms with Crippen molar-refractivity contribution in [1.82, 2.24) is 9.97 Å². The van der Waals surface area contributed by atoms with Gasteiger partial charge in [-0.1, -0.05) is 87.5 Å². The summed E-state index contributed by atoms with van der Waals surface area (Å²) in [5, 5.41) is 2.64. The molecule has 5 heteroatoms. The lowest BCUT2D eigenvalue weighted by Gasteiger charge is -2.43. The van der Waals surface area contributed by atoms with Crippen LogP contribution in [0.1, 0.15) is 33.0 Å². The fourth-order valence-electron chi connectivity index (χ4n) is 4.39. The maximum atomic E-state index is 6.97. The zero-order valence-electron chi connectivity index (χ0n) is 18.4. The van der Waals surface area contributed by atoms with Gasteiger partial charge in [0.25, 0.3) is 8.32 Å². The average Bonchev–Trinajstić information content (AvgIpc) is 3.19. The fraction of sp³-hybridized carbons (Fsp3) is 0.269. The number of aryl methyl sites for hydroxylation is 1. The monoisotopic (exact) mass is 492 g/mol. The number of hydrogen-bond donors (Lipinski definition) is 1. The van der Waals surface area contributed by atoms with E-state index in [0.717, 1.165) is 34.2 Å². The van der Waals surface area contributed by atoms with Crippen molar-refractivity contribution in [2.75, 3.05) is 6.61 Å². The Kier molecular flexibility index (Phi) is 6.46. The van der Waals surface area contributed by atoms with Crippen molar-refractivity contribution < 1.29 is 4.43 Å². The first-order chi connectivity index (χ1) is 14.9. The Balaban J connectivity index is 1.58. The summed E-state index contributed by atoms with van der Waals surface area (Å²) in [6.45, 7) is 7.65. The third-order valence-electron chi connectivity index (χ3n) is 5.81. The Hall–Kier alpha value is -2.21. The highest BCUT2D eigenvalue weighted by Crippen LogP contribution is 2.36. The topological polar surface area (TPSA) is 37.9 Å². The van der Waals surface area contributed by atoms with Crippen LogP contribution in [0, 0.1) is 0 Å². The van der Waals surface area contributed by atoms with Gasteiger partial charge in [0.15, 0.2) is 0 Å². The molecule has 0 unspecified atom stereocenters. The second-order valence-corrected chi connectivity index (χ2v) is 14.1. The van der Waals surface area contributed by atoms with Gasteiger partial charge in [0.2, 0.25) is 0 Å². The number of aromatic nitrogens is 2. The van der Waals surface area contributed by atoms with E-state index in [9.17, 15) is 0 Å². The Labute approximate surface area is 194 Å². The van der Waals surface area contributed by atoms with Gasteiger partial charge in [-0.25, -0.2) is 4.98 Å². The zero-order chi connectivity index (χ0) is 21.9. The van der Waals surface area contributed by atoms with Crippen LogP contribution < -0.4 is 10.4 Å². The molecule has 0 amide bonds. The van der Waals surface area contributed by atoms with Gasteiger partial charge in [-0.2, -0.15) is 0 Å². The van der Waals surface area contributed by atoms with Gasteiger partial charge in [-0.3, -0.25) is 0 Å². The SMILES string of the molecule is CC(C)(C)[Si](OCCCc1nc2c(Br)cccc2[nH]1)(c1ccccc1)c1ccccc1. The molecule has 0 aliphatic carbocycles. The normalized spacial score (nSPS) is 12.4. The van der Waals surface area contributed by atoms with Crippen LogP contribution in [0.2, 0.25) is 5.04 Å². The smallest absolute Gasteiger partial charge is 0.261 e. The quantitative estimate of drug-likeness (QED) is 0.260. The molecule has 0 fully saturated rings. The molecular formula is C26H29BrN2OSi. The number of fused-ring (bicyclic) bond motifs is 1. The van der Waals surface area contributed by atoms with Crippen molar-refractivity contribution in [3.8, 4) is 0 Å². The van der Waals surface area contributed by atoms with Crippen LogP contribution in [0.5, 0.6) is 0 Å². The fourth-order valence-corrected chi connectivity index (χ4v) is 9.45. The van der Waals surface area contributed by atoms with Crippen LogP contribution in [0.15, 0.2) is 83.3 Å². The summed E-state index contributed by atoms with van der Waals surface area (Å²) in [5.74, 6) is 1.01. The minimum atomic E-state index is -2.47. The summed E-state index contributed by atoms with van der Waals surface area (Å²) in [6.07, 6.45) is 1.78.